The van der Waals surface area contributed by atoms with Gasteiger partial charge in [0.2, 0.25) is 0 Å². The molecule has 82 valence electrons. The number of rotatable bonds is 0. The van der Waals surface area contributed by atoms with E-state index in [1.54, 1.807) is 0 Å². The monoisotopic (exact) mass is 220 g/mol. The number of dihydropyridines is 1. The van der Waals surface area contributed by atoms with Gasteiger partial charge in [-0.15, -0.1) is 0 Å². The minimum Gasteiger partial charge on any atom is -0.360 e. The van der Waals surface area contributed by atoms with Crippen molar-refractivity contribution in [3.8, 4) is 0 Å². The van der Waals surface area contributed by atoms with E-state index in [2.05, 4.69) is 58.9 Å². The van der Waals surface area contributed by atoms with Gasteiger partial charge in [0.15, 0.2) is 0 Å². The van der Waals surface area contributed by atoms with Crippen molar-refractivity contribution in [3.63, 3.8) is 0 Å². The van der Waals surface area contributed by atoms with Gasteiger partial charge < -0.3 is 10.2 Å². The highest BCUT2D eigenvalue weighted by Crippen LogP contribution is 2.37. The highest BCUT2D eigenvalue weighted by molar-refractivity contribution is 5.58. The number of allylic oxidation sites excluding steroid dienone is 6. The summed E-state index contributed by atoms with van der Waals surface area (Å²) in [6.45, 7) is 0. The van der Waals surface area contributed by atoms with Crippen molar-refractivity contribution in [1.29, 1.82) is 0 Å². The molecule has 4 aliphatic rings. The Morgan fingerprint density at radius 1 is 1.12 bits per heavy atom. The Labute approximate surface area is 100 Å². The SMILES string of the molecule is C1=CNC2=C3C=C4C=CC=CC4N3C=CC2=C1. The molecular formula is C15H12N2. The fourth-order valence-electron chi connectivity index (χ4n) is 2.66. The van der Waals surface area contributed by atoms with Crippen LogP contribution in [0.5, 0.6) is 0 Å². The lowest BCUT2D eigenvalue weighted by molar-refractivity contribution is 0.462. The van der Waals surface area contributed by atoms with Crippen LogP contribution in [0.2, 0.25) is 0 Å². The van der Waals surface area contributed by atoms with Crippen LogP contribution in [0.15, 0.2) is 83.5 Å². The molecule has 1 N–H and O–H groups in total. The predicted molar refractivity (Wildman–Crippen MR) is 68.5 cm³/mol. The van der Waals surface area contributed by atoms with E-state index in [4.69, 9.17) is 0 Å². The molecule has 0 aromatic carbocycles. The van der Waals surface area contributed by atoms with Crippen LogP contribution < -0.4 is 5.32 Å². The zero-order valence-electron chi connectivity index (χ0n) is 9.30. The first-order valence-corrected chi connectivity index (χ1v) is 5.84. The second-order valence-electron chi connectivity index (χ2n) is 4.44. The minimum atomic E-state index is 0.369. The Kier molecular flexibility index (Phi) is 1.64. The van der Waals surface area contributed by atoms with Gasteiger partial charge in [0.05, 0.1) is 17.4 Å². The zero-order valence-corrected chi connectivity index (χ0v) is 9.30. The summed E-state index contributed by atoms with van der Waals surface area (Å²) in [5.74, 6) is 0. The van der Waals surface area contributed by atoms with E-state index in [0.717, 1.165) is 0 Å². The van der Waals surface area contributed by atoms with E-state index >= 15 is 0 Å². The maximum Gasteiger partial charge on any atom is 0.0774 e. The quantitative estimate of drug-likeness (QED) is 0.674. The smallest absolute Gasteiger partial charge is 0.0774 e. The summed E-state index contributed by atoms with van der Waals surface area (Å²) in [6, 6.07) is 0.369. The summed E-state index contributed by atoms with van der Waals surface area (Å²) >= 11 is 0. The molecule has 3 heterocycles. The van der Waals surface area contributed by atoms with Gasteiger partial charge in [-0.1, -0.05) is 30.4 Å². The standard InChI is InChI=1S/C15H12N2/c1-2-6-13-12(4-1)10-14-15-11(5-3-8-16-15)7-9-17(13)14/h1-10,13,16H. The molecule has 0 radical (unpaired) electrons. The minimum absolute atomic E-state index is 0.369. The summed E-state index contributed by atoms with van der Waals surface area (Å²) in [5.41, 5.74) is 5.08. The average molecular weight is 220 g/mol. The fourth-order valence-corrected chi connectivity index (χ4v) is 2.66. The third kappa shape index (κ3) is 1.15. The van der Waals surface area contributed by atoms with Crippen molar-refractivity contribution in [2.75, 3.05) is 0 Å². The van der Waals surface area contributed by atoms with Crippen LogP contribution in [-0.2, 0) is 0 Å². The van der Waals surface area contributed by atoms with Crippen LogP contribution in [0.25, 0.3) is 0 Å². The molecular weight excluding hydrogens is 208 g/mol. The van der Waals surface area contributed by atoms with Gasteiger partial charge in [-0.2, -0.15) is 0 Å². The van der Waals surface area contributed by atoms with Gasteiger partial charge in [-0.3, -0.25) is 0 Å². The Hall–Kier alpha value is -2.22. The topological polar surface area (TPSA) is 15.3 Å². The molecule has 0 spiro atoms. The molecule has 1 atom stereocenters. The van der Waals surface area contributed by atoms with Crippen LogP contribution in [-0.4, -0.2) is 10.9 Å². The number of nitrogens with zero attached hydrogens (tertiary/aromatic N) is 1. The summed E-state index contributed by atoms with van der Waals surface area (Å²) < 4.78 is 0. The van der Waals surface area contributed by atoms with Gasteiger partial charge in [0.25, 0.3) is 0 Å². The largest absolute Gasteiger partial charge is 0.360 e. The van der Waals surface area contributed by atoms with E-state index in [1.165, 1.54) is 22.5 Å². The highest BCUT2D eigenvalue weighted by atomic mass is 15.2. The first kappa shape index (κ1) is 8.88. The first-order chi connectivity index (χ1) is 8.43. The van der Waals surface area contributed by atoms with Crippen LogP contribution in [0, 0.1) is 0 Å². The number of hydrogen-bond donors (Lipinski definition) is 1. The van der Waals surface area contributed by atoms with Crippen molar-refractivity contribution < 1.29 is 0 Å². The Morgan fingerprint density at radius 2 is 2.12 bits per heavy atom. The lowest BCUT2D eigenvalue weighted by Crippen LogP contribution is -2.29. The molecule has 4 rings (SSSR count). The molecule has 0 aromatic rings. The van der Waals surface area contributed by atoms with Gasteiger partial charge in [0.1, 0.15) is 0 Å². The van der Waals surface area contributed by atoms with E-state index < -0.39 is 0 Å². The number of fused-ring (bicyclic) bond motifs is 4. The molecule has 2 heteroatoms. The molecule has 1 aliphatic carbocycles. The molecule has 0 amide bonds. The summed E-state index contributed by atoms with van der Waals surface area (Å²) in [6.07, 6.45) is 21.4. The second-order valence-corrected chi connectivity index (χ2v) is 4.44. The van der Waals surface area contributed by atoms with E-state index in [-0.39, 0.29) is 0 Å². The predicted octanol–water partition coefficient (Wildman–Crippen LogP) is 2.51. The summed E-state index contributed by atoms with van der Waals surface area (Å²) in [4.78, 5) is 2.31. The van der Waals surface area contributed by atoms with Crippen molar-refractivity contribution in [3.05, 3.63) is 83.5 Å². The highest BCUT2D eigenvalue weighted by Gasteiger charge is 2.31. The molecule has 1 unspecified atom stereocenters. The molecule has 0 saturated heterocycles. The number of hydrogen-bond acceptors (Lipinski definition) is 2. The van der Waals surface area contributed by atoms with Crippen LogP contribution >= 0.6 is 0 Å². The molecule has 0 fully saturated rings. The van der Waals surface area contributed by atoms with Crippen molar-refractivity contribution >= 4 is 0 Å². The van der Waals surface area contributed by atoms with Gasteiger partial charge in [-0.05, 0) is 23.8 Å². The molecule has 2 nitrogen and oxygen atoms in total. The average Bonchev–Trinajstić information content (AvgIpc) is 2.78. The molecule has 0 aromatic heterocycles. The molecule has 0 saturated carbocycles. The maximum atomic E-state index is 3.35. The van der Waals surface area contributed by atoms with E-state index in [9.17, 15) is 0 Å². The van der Waals surface area contributed by atoms with Crippen LogP contribution in [0.3, 0.4) is 0 Å². The van der Waals surface area contributed by atoms with E-state index in [1.807, 2.05) is 12.3 Å². The third-order valence-electron chi connectivity index (χ3n) is 3.48. The third-order valence-corrected chi connectivity index (χ3v) is 3.48. The molecule has 0 bridgehead atoms. The Bertz CT molecular complexity index is 594. The summed E-state index contributed by atoms with van der Waals surface area (Å²) in [5, 5.41) is 3.35. The molecule has 3 aliphatic heterocycles. The normalized spacial score (nSPS) is 27.3. The van der Waals surface area contributed by atoms with Gasteiger partial charge in [0, 0.05) is 18.0 Å². The van der Waals surface area contributed by atoms with Crippen LogP contribution in [0.4, 0.5) is 0 Å². The van der Waals surface area contributed by atoms with Gasteiger partial charge >= 0.3 is 0 Å². The fraction of sp³-hybridized carbons (Fsp3) is 0.0667. The van der Waals surface area contributed by atoms with Gasteiger partial charge in [-0.25, -0.2) is 0 Å². The number of nitrogens with one attached hydrogen (secondary N) is 1. The Balaban J connectivity index is 1.89. The maximum absolute atomic E-state index is 3.35. The zero-order chi connectivity index (χ0) is 11.2. The Morgan fingerprint density at radius 3 is 3.12 bits per heavy atom. The lowest BCUT2D eigenvalue weighted by Gasteiger charge is -2.30. The van der Waals surface area contributed by atoms with Crippen LogP contribution in [0.1, 0.15) is 0 Å². The molecule has 17 heavy (non-hydrogen) atoms. The first-order valence-electron chi connectivity index (χ1n) is 5.84. The summed E-state index contributed by atoms with van der Waals surface area (Å²) in [7, 11) is 0. The second kappa shape index (κ2) is 3.14. The lowest BCUT2D eigenvalue weighted by atomic mass is 10.0. The van der Waals surface area contributed by atoms with Crippen molar-refractivity contribution in [1.82, 2.24) is 10.2 Å². The van der Waals surface area contributed by atoms with E-state index in [0.29, 0.717) is 6.04 Å². The van der Waals surface area contributed by atoms with Crippen molar-refractivity contribution in [2.45, 2.75) is 6.04 Å². The van der Waals surface area contributed by atoms with Crippen molar-refractivity contribution in [2.24, 2.45) is 0 Å².